The lowest BCUT2D eigenvalue weighted by Crippen LogP contribution is -2.04. The first-order valence-corrected chi connectivity index (χ1v) is 5.52. The molecule has 0 aliphatic rings. The molecule has 0 aliphatic carbocycles. The summed E-state index contributed by atoms with van der Waals surface area (Å²) in [6.07, 6.45) is 0. The van der Waals surface area contributed by atoms with Gasteiger partial charge in [0.15, 0.2) is 11.5 Å². The van der Waals surface area contributed by atoms with E-state index in [4.69, 9.17) is 16.7 Å². The highest BCUT2D eigenvalue weighted by atomic mass is 35.5. The number of nitrogens with one attached hydrogen (secondary N) is 1. The quantitative estimate of drug-likeness (QED) is 0.890. The Hall–Kier alpha value is -2.08. The summed E-state index contributed by atoms with van der Waals surface area (Å²) in [6.45, 7) is 1.91. The fourth-order valence-corrected chi connectivity index (χ4v) is 1.60. The summed E-state index contributed by atoms with van der Waals surface area (Å²) in [5.74, 6) is -0.183. The third-order valence-corrected chi connectivity index (χ3v) is 2.72. The number of carboxylic acid groups (broad SMARTS) is 1. The van der Waals surface area contributed by atoms with Gasteiger partial charge in [0, 0.05) is 18.8 Å². The van der Waals surface area contributed by atoms with Crippen LogP contribution in [0.2, 0.25) is 5.02 Å². The van der Waals surface area contributed by atoms with Crippen LogP contribution >= 0.6 is 11.6 Å². The summed E-state index contributed by atoms with van der Waals surface area (Å²) >= 11 is 5.73. The van der Waals surface area contributed by atoms with Gasteiger partial charge in [-0.1, -0.05) is 11.6 Å². The summed E-state index contributed by atoms with van der Waals surface area (Å²) in [6, 6.07) is 4.91. The number of aromatic nitrogens is 3. The highest BCUT2D eigenvalue weighted by Gasteiger charge is 2.12. The van der Waals surface area contributed by atoms with Crippen LogP contribution in [0.5, 0.6) is 0 Å². The van der Waals surface area contributed by atoms with Crippen LogP contribution in [0.15, 0.2) is 18.2 Å². The Kier molecular flexibility index (Phi) is 3.20. The maximum Gasteiger partial charge on any atom is 0.356 e. The first-order valence-electron chi connectivity index (χ1n) is 5.15. The molecule has 0 amide bonds. The van der Waals surface area contributed by atoms with Crippen molar-refractivity contribution in [1.82, 2.24) is 14.8 Å². The van der Waals surface area contributed by atoms with E-state index in [1.54, 1.807) is 10.7 Å². The predicted molar refractivity (Wildman–Crippen MR) is 67.4 cm³/mol. The number of halogens is 1. The van der Waals surface area contributed by atoms with Crippen LogP contribution in [0.3, 0.4) is 0 Å². The Bertz CT molecular complexity index is 590. The number of rotatable bonds is 3. The molecule has 0 spiro atoms. The van der Waals surface area contributed by atoms with Crippen molar-refractivity contribution < 1.29 is 9.90 Å². The molecule has 18 heavy (non-hydrogen) atoms. The van der Waals surface area contributed by atoms with Crippen LogP contribution in [-0.2, 0) is 7.05 Å². The van der Waals surface area contributed by atoms with Crippen molar-refractivity contribution in [2.24, 2.45) is 7.05 Å². The average molecular weight is 267 g/mol. The molecular formula is C11H11ClN4O2. The molecule has 2 N–H and O–H groups in total. The fourth-order valence-electron chi connectivity index (χ4n) is 1.41. The number of aromatic carboxylic acids is 1. The smallest absolute Gasteiger partial charge is 0.356 e. The van der Waals surface area contributed by atoms with Crippen LogP contribution in [0.4, 0.5) is 11.6 Å². The molecule has 0 radical (unpaired) electrons. The third-order valence-electron chi connectivity index (χ3n) is 2.42. The highest BCUT2D eigenvalue weighted by Crippen LogP contribution is 2.19. The van der Waals surface area contributed by atoms with E-state index in [0.717, 1.165) is 5.69 Å². The third kappa shape index (κ3) is 2.43. The Labute approximate surface area is 108 Å². The van der Waals surface area contributed by atoms with E-state index >= 15 is 0 Å². The van der Waals surface area contributed by atoms with Crippen molar-refractivity contribution >= 4 is 29.2 Å². The molecule has 2 rings (SSSR count). The topological polar surface area (TPSA) is 80.0 Å². The zero-order valence-electron chi connectivity index (χ0n) is 9.81. The maximum atomic E-state index is 10.9. The average Bonchev–Trinajstić information content (AvgIpc) is 2.60. The molecular weight excluding hydrogens is 256 g/mol. The number of carboxylic acids is 1. The minimum absolute atomic E-state index is 0.102. The van der Waals surface area contributed by atoms with Crippen molar-refractivity contribution in [1.29, 1.82) is 0 Å². The number of aryl methyl sites for hydroxylation is 2. The highest BCUT2D eigenvalue weighted by molar-refractivity contribution is 6.33. The van der Waals surface area contributed by atoms with Gasteiger partial charge >= 0.3 is 5.97 Å². The predicted octanol–water partition coefficient (Wildman–Crippen LogP) is 2.22. The van der Waals surface area contributed by atoms with Gasteiger partial charge in [-0.2, -0.15) is 5.10 Å². The van der Waals surface area contributed by atoms with E-state index in [-0.39, 0.29) is 10.7 Å². The van der Waals surface area contributed by atoms with Crippen molar-refractivity contribution in [2.75, 3.05) is 5.32 Å². The van der Waals surface area contributed by atoms with Crippen LogP contribution in [0.1, 0.15) is 16.2 Å². The Balaban J connectivity index is 2.29. The molecule has 94 valence electrons. The van der Waals surface area contributed by atoms with Gasteiger partial charge in [0.05, 0.1) is 5.02 Å². The van der Waals surface area contributed by atoms with E-state index in [2.05, 4.69) is 15.4 Å². The molecule has 0 saturated heterocycles. The molecule has 0 unspecified atom stereocenters. The van der Waals surface area contributed by atoms with Crippen molar-refractivity contribution in [3.63, 3.8) is 0 Å². The van der Waals surface area contributed by atoms with Gasteiger partial charge in [-0.25, -0.2) is 9.78 Å². The second kappa shape index (κ2) is 4.66. The zero-order chi connectivity index (χ0) is 13.3. The Morgan fingerprint density at radius 3 is 2.72 bits per heavy atom. The van der Waals surface area contributed by atoms with Gasteiger partial charge in [0.1, 0.15) is 5.82 Å². The summed E-state index contributed by atoms with van der Waals surface area (Å²) in [5.41, 5.74) is 0.791. The molecule has 0 aliphatic heterocycles. The summed E-state index contributed by atoms with van der Waals surface area (Å²) in [5, 5.41) is 16.1. The lowest BCUT2D eigenvalue weighted by molar-refractivity contribution is 0.0691. The van der Waals surface area contributed by atoms with Gasteiger partial charge in [0.25, 0.3) is 0 Å². The SMILES string of the molecule is Cc1cc(Nc2ccc(Cl)c(C(=O)O)n2)nn1C. The number of pyridine rings is 1. The molecule has 0 fully saturated rings. The van der Waals surface area contributed by atoms with Crippen LogP contribution in [-0.4, -0.2) is 25.8 Å². The molecule has 2 aromatic heterocycles. The fraction of sp³-hybridized carbons (Fsp3) is 0.182. The minimum Gasteiger partial charge on any atom is -0.476 e. The lowest BCUT2D eigenvalue weighted by atomic mass is 10.3. The van der Waals surface area contributed by atoms with E-state index in [0.29, 0.717) is 11.6 Å². The molecule has 7 heteroatoms. The first kappa shape index (κ1) is 12.4. The van der Waals surface area contributed by atoms with E-state index in [1.165, 1.54) is 6.07 Å². The number of nitrogens with zero attached hydrogens (tertiary/aromatic N) is 3. The Morgan fingerprint density at radius 1 is 1.44 bits per heavy atom. The van der Waals surface area contributed by atoms with E-state index in [1.807, 2.05) is 20.0 Å². The van der Waals surface area contributed by atoms with Crippen molar-refractivity contribution in [3.8, 4) is 0 Å². The largest absolute Gasteiger partial charge is 0.476 e. The Morgan fingerprint density at radius 2 is 2.17 bits per heavy atom. The van der Waals surface area contributed by atoms with Crippen molar-refractivity contribution in [2.45, 2.75) is 6.92 Å². The zero-order valence-corrected chi connectivity index (χ0v) is 10.6. The number of anilines is 2. The molecule has 2 heterocycles. The van der Waals surface area contributed by atoms with Gasteiger partial charge in [-0.05, 0) is 19.1 Å². The first-order chi connectivity index (χ1) is 8.47. The van der Waals surface area contributed by atoms with Crippen LogP contribution < -0.4 is 5.32 Å². The van der Waals surface area contributed by atoms with Gasteiger partial charge in [-0.15, -0.1) is 0 Å². The van der Waals surface area contributed by atoms with Gasteiger partial charge in [0.2, 0.25) is 0 Å². The maximum absolute atomic E-state index is 10.9. The number of hydrogen-bond donors (Lipinski definition) is 2. The van der Waals surface area contributed by atoms with Gasteiger partial charge in [-0.3, -0.25) is 4.68 Å². The minimum atomic E-state index is -1.17. The van der Waals surface area contributed by atoms with E-state index < -0.39 is 5.97 Å². The van der Waals surface area contributed by atoms with E-state index in [9.17, 15) is 4.79 Å². The number of carbonyl (C=O) groups is 1. The summed E-state index contributed by atoms with van der Waals surface area (Å²) < 4.78 is 1.70. The second-order valence-electron chi connectivity index (χ2n) is 3.75. The summed E-state index contributed by atoms with van der Waals surface area (Å²) in [4.78, 5) is 14.8. The molecule has 2 aromatic rings. The number of hydrogen-bond acceptors (Lipinski definition) is 4. The standard InChI is InChI=1S/C11H11ClN4O2/c1-6-5-9(15-16(6)2)13-8-4-3-7(12)10(14-8)11(17)18/h3-5H,1-2H3,(H,17,18)(H,13,14,15). The molecule has 0 aromatic carbocycles. The summed E-state index contributed by atoms with van der Waals surface area (Å²) in [7, 11) is 1.82. The molecule has 0 atom stereocenters. The van der Waals surface area contributed by atoms with Crippen LogP contribution in [0, 0.1) is 6.92 Å². The molecule has 6 nitrogen and oxygen atoms in total. The van der Waals surface area contributed by atoms with Crippen LogP contribution in [0.25, 0.3) is 0 Å². The van der Waals surface area contributed by atoms with Crippen molar-refractivity contribution in [3.05, 3.63) is 34.6 Å². The molecule has 0 saturated carbocycles. The molecule has 0 bridgehead atoms. The lowest BCUT2D eigenvalue weighted by Gasteiger charge is -2.04. The second-order valence-corrected chi connectivity index (χ2v) is 4.16. The monoisotopic (exact) mass is 266 g/mol. The normalized spacial score (nSPS) is 10.4. The van der Waals surface area contributed by atoms with Gasteiger partial charge < -0.3 is 10.4 Å².